The van der Waals surface area contributed by atoms with Crippen LogP contribution in [0.25, 0.3) is 21.6 Å². The predicted molar refractivity (Wildman–Crippen MR) is 89.3 cm³/mol. The number of hydrogen-bond donors (Lipinski definition) is 4. The molecular formula is C12H16N7O8P. The van der Waals surface area contributed by atoms with Crippen molar-refractivity contribution in [3.63, 3.8) is 0 Å². The third-order valence-electron chi connectivity index (χ3n) is 3.93. The first-order valence-corrected chi connectivity index (χ1v) is 9.26. The number of phosphoric acid groups is 1. The number of ether oxygens (including phenoxy) is 2. The molecule has 0 radical (unpaired) electrons. The maximum Gasteiger partial charge on any atom is 0.469 e. The average molecular weight is 417 g/mol. The van der Waals surface area contributed by atoms with Gasteiger partial charge in [0.05, 0.1) is 13.7 Å². The summed E-state index contributed by atoms with van der Waals surface area (Å²) in [7, 11) is -3.46. The SMILES string of the molecule is COc1nc(C)nc2c1nc(N=[N+]=[N-])n2[C@@H]1O[C@H](COP(=O)(O)O)[C@@H](O)[C@H]1O. The van der Waals surface area contributed by atoms with Gasteiger partial charge in [-0.2, -0.15) is 4.98 Å². The van der Waals surface area contributed by atoms with Crippen LogP contribution in [-0.4, -0.2) is 71.5 Å². The summed E-state index contributed by atoms with van der Waals surface area (Å²) in [4.78, 5) is 32.6. The van der Waals surface area contributed by atoms with Gasteiger partial charge in [-0.25, -0.2) is 14.5 Å². The number of rotatable bonds is 6. The highest BCUT2D eigenvalue weighted by Gasteiger charge is 2.46. The molecule has 0 aliphatic carbocycles. The Balaban J connectivity index is 2.07. The third kappa shape index (κ3) is 3.78. The summed E-state index contributed by atoms with van der Waals surface area (Å²) in [5, 5.41) is 24.0. The van der Waals surface area contributed by atoms with E-state index in [2.05, 4.69) is 29.5 Å². The van der Waals surface area contributed by atoms with Crippen LogP contribution >= 0.6 is 7.82 Å². The number of phosphoric ester groups is 1. The Labute approximate surface area is 156 Å². The predicted octanol–water partition coefficient (Wildman–Crippen LogP) is -0.186. The van der Waals surface area contributed by atoms with Gasteiger partial charge in [0.15, 0.2) is 17.4 Å². The van der Waals surface area contributed by atoms with Crippen molar-refractivity contribution in [3.05, 3.63) is 16.3 Å². The molecule has 0 unspecified atom stereocenters. The molecule has 28 heavy (non-hydrogen) atoms. The molecule has 0 aromatic carbocycles. The number of hydrogen-bond acceptors (Lipinski definition) is 10. The van der Waals surface area contributed by atoms with Crippen molar-refractivity contribution >= 4 is 24.9 Å². The molecule has 2 aromatic rings. The molecule has 15 nitrogen and oxygen atoms in total. The molecule has 4 atom stereocenters. The molecule has 1 saturated heterocycles. The van der Waals surface area contributed by atoms with Crippen LogP contribution in [0, 0.1) is 6.92 Å². The van der Waals surface area contributed by atoms with Gasteiger partial charge in [0, 0.05) is 4.91 Å². The molecule has 1 aliphatic heterocycles. The molecule has 16 heteroatoms. The number of aryl methyl sites for hydroxylation is 1. The van der Waals surface area contributed by atoms with Crippen molar-refractivity contribution in [2.75, 3.05) is 13.7 Å². The molecule has 4 N–H and O–H groups in total. The van der Waals surface area contributed by atoms with Crippen LogP contribution in [0.2, 0.25) is 0 Å². The number of fused-ring (bicyclic) bond motifs is 1. The minimum absolute atomic E-state index is 0.0880. The van der Waals surface area contributed by atoms with Crippen molar-refractivity contribution in [2.45, 2.75) is 31.5 Å². The smallest absolute Gasteiger partial charge is 0.469 e. The summed E-state index contributed by atoms with van der Waals surface area (Å²) < 4.78 is 27.0. The molecule has 0 spiro atoms. The molecule has 152 valence electrons. The number of imidazole rings is 1. The summed E-state index contributed by atoms with van der Waals surface area (Å²) in [5.41, 5.74) is 9.03. The van der Waals surface area contributed by atoms with Crippen molar-refractivity contribution in [2.24, 2.45) is 5.11 Å². The first kappa shape index (κ1) is 20.4. The van der Waals surface area contributed by atoms with Crippen LogP contribution in [0.15, 0.2) is 5.11 Å². The summed E-state index contributed by atoms with van der Waals surface area (Å²) in [6.45, 7) is 0.879. The molecular weight excluding hydrogens is 401 g/mol. The Hall–Kier alpha value is -2.35. The van der Waals surface area contributed by atoms with Gasteiger partial charge in [-0.15, -0.1) is 0 Å². The Morgan fingerprint density at radius 2 is 2.04 bits per heavy atom. The maximum atomic E-state index is 10.9. The maximum absolute atomic E-state index is 10.9. The van der Waals surface area contributed by atoms with E-state index in [0.29, 0.717) is 0 Å². The second kappa shape index (κ2) is 7.58. The molecule has 2 aromatic heterocycles. The van der Waals surface area contributed by atoms with Gasteiger partial charge in [-0.1, -0.05) is 0 Å². The second-order valence-electron chi connectivity index (χ2n) is 5.76. The molecule has 1 aliphatic rings. The fourth-order valence-electron chi connectivity index (χ4n) is 2.78. The molecule has 3 heterocycles. The van der Waals surface area contributed by atoms with Gasteiger partial charge >= 0.3 is 7.82 Å². The number of nitrogens with zero attached hydrogens (tertiary/aromatic N) is 7. The zero-order valence-corrected chi connectivity index (χ0v) is 15.4. The largest absolute Gasteiger partial charge is 0.479 e. The van der Waals surface area contributed by atoms with Crippen LogP contribution < -0.4 is 4.74 Å². The summed E-state index contributed by atoms with van der Waals surface area (Å²) >= 11 is 0. The van der Waals surface area contributed by atoms with E-state index in [9.17, 15) is 14.8 Å². The lowest BCUT2D eigenvalue weighted by Gasteiger charge is -2.18. The topological polar surface area (TPSA) is 218 Å². The van der Waals surface area contributed by atoms with Gasteiger partial charge in [0.2, 0.25) is 11.8 Å². The lowest BCUT2D eigenvalue weighted by molar-refractivity contribution is -0.0495. The van der Waals surface area contributed by atoms with E-state index in [1.54, 1.807) is 6.92 Å². The summed E-state index contributed by atoms with van der Waals surface area (Å²) in [6, 6.07) is 0. The van der Waals surface area contributed by atoms with Crippen molar-refractivity contribution < 1.29 is 38.6 Å². The molecule has 0 bridgehead atoms. The molecule has 0 amide bonds. The zero-order valence-electron chi connectivity index (χ0n) is 14.5. The van der Waals surface area contributed by atoms with Gasteiger partial charge in [-0.3, -0.25) is 9.09 Å². The van der Waals surface area contributed by atoms with E-state index in [4.69, 9.17) is 24.8 Å². The van der Waals surface area contributed by atoms with E-state index >= 15 is 0 Å². The van der Waals surface area contributed by atoms with Gasteiger partial charge in [0.25, 0.3) is 0 Å². The van der Waals surface area contributed by atoms with Gasteiger partial charge in [0.1, 0.15) is 24.1 Å². The van der Waals surface area contributed by atoms with E-state index in [0.717, 1.165) is 4.57 Å². The first-order valence-electron chi connectivity index (χ1n) is 7.73. The van der Waals surface area contributed by atoms with E-state index in [1.807, 2.05) is 0 Å². The number of azide groups is 1. The molecule has 0 saturated carbocycles. The fourth-order valence-corrected chi connectivity index (χ4v) is 3.12. The van der Waals surface area contributed by atoms with Crippen molar-refractivity contribution in [1.29, 1.82) is 0 Å². The Morgan fingerprint density at radius 3 is 2.64 bits per heavy atom. The Bertz CT molecular complexity index is 986. The quantitative estimate of drug-likeness (QED) is 0.209. The van der Waals surface area contributed by atoms with Crippen LogP contribution in [0.1, 0.15) is 12.1 Å². The van der Waals surface area contributed by atoms with E-state index in [1.165, 1.54) is 7.11 Å². The van der Waals surface area contributed by atoms with Crippen molar-refractivity contribution in [1.82, 2.24) is 19.5 Å². The second-order valence-corrected chi connectivity index (χ2v) is 7.00. The highest BCUT2D eigenvalue weighted by Crippen LogP contribution is 2.40. The van der Waals surface area contributed by atoms with Crippen molar-refractivity contribution in [3.8, 4) is 5.88 Å². The summed E-state index contributed by atoms with van der Waals surface area (Å²) in [5.74, 6) is 0.126. The van der Waals surface area contributed by atoms with E-state index in [-0.39, 0.29) is 28.8 Å². The zero-order chi connectivity index (χ0) is 20.6. The number of aliphatic hydroxyl groups is 2. The van der Waals surface area contributed by atoms with Crippen LogP contribution in [0.3, 0.4) is 0 Å². The number of aromatic nitrogens is 4. The molecule has 3 rings (SSSR count). The standard InChI is InChI=1S/C12H16N7O8P/c1-4-14-9-6(10(15-4)25-2)16-12(17-18-13)19(9)11-8(21)7(20)5(27-11)3-26-28(22,23)24/h5,7-8,11,20-21H,3H2,1-2H3,(H2,22,23,24)/t5-,7-,8-,11-/m1/s1. The van der Waals surface area contributed by atoms with Crippen LogP contribution in [0.5, 0.6) is 5.88 Å². The minimum atomic E-state index is -4.82. The average Bonchev–Trinajstić information content (AvgIpc) is 3.10. The molecule has 1 fully saturated rings. The lowest BCUT2D eigenvalue weighted by atomic mass is 10.1. The lowest BCUT2D eigenvalue weighted by Crippen LogP contribution is -2.33. The fraction of sp³-hybridized carbons (Fsp3) is 0.583. The van der Waals surface area contributed by atoms with E-state index < -0.39 is 39.0 Å². The normalized spacial score (nSPS) is 25.1. The van der Waals surface area contributed by atoms with Gasteiger partial charge < -0.3 is 29.5 Å². The monoisotopic (exact) mass is 417 g/mol. The third-order valence-corrected chi connectivity index (χ3v) is 4.41. The minimum Gasteiger partial charge on any atom is -0.479 e. The van der Waals surface area contributed by atoms with Gasteiger partial charge in [-0.05, 0) is 17.6 Å². The number of aliphatic hydroxyl groups excluding tert-OH is 2. The van der Waals surface area contributed by atoms with Crippen LogP contribution in [-0.2, 0) is 13.8 Å². The highest BCUT2D eigenvalue weighted by molar-refractivity contribution is 7.46. The highest BCUT2D eigenvalue weighted by atomic mass is 31.2. The number of methoxy groups -OCH3 is 1. The van der Waals surface area contributed by atoms with Crippen LogP contribution in [0.4, 0.5) is 5.95 Å². The Morgan fingerprint density at radius 1 is 1.32 bits per heavy atom. The summed E-state index contributed by atoms with van der Waals surface area (Å²) in [6.07, 6.45) is -5.76. The first-order chi connectivity index (χ1) is 13.2. The Kier molecular flexibility index (Phi) is 5.52.